The lowest BCUT2D eigenvalue weighted by atomic mass is 9.94. The Bertz CT molecular complexity index is 1860. The van der Waals surface area contributed by atoms with Crippen molar-refractivity contribution in [1.29, 1.82) is 0 Å². The lowest BCUT2D eigenvalue weighted by molar-refractivity contribution is -0.145. The monoisotopic (exact) mass is 665 g/mol. The molecule has 3 aromatic heterocycles. The molecule has 2 aromatic carbocycles. The Kier molecular flexibility index (Phi) is 9.09. The molecule has 0 atom stereocenters. The van der Waals surface area contributed by atoms with Gasteiger partial charge < -0.3 is 0 Å². The van der Waals surface area contributed by atoms with E-state index in [-0.39, 0.29) is 44.8 Å². The first-order valence-electron chi connectivity index (χ1n) is 12.7. The first-order valence-corrected chi connectivity index (χ1v) is 13.9. The fraction of sp³-hybridized carbons (Fsp3) is 0.179. The summed E-state index contributed by atoms with van der Waals surface area (Å²) in [4.78, 5) is 31.7. The number of Topliss-reactive ketones (excluding diaryl/α,β-unsaturated/α-hetero) is 2. The van der Waals surface area contributed by atoms with Crippen LogP contribution in [0, 0.1) is 5.82 Å². The van der Waals surface area contributed by atoms with Crippen LogP contribution in [-0.4, -0.2) is 46.5 Å². The van der Waals surface area contributed by atoms with Gasteiger partial charge in [-0.3, -0.25) is 9.59 Å². The molecule has 9 nitrogen and oxygen atoms in total. The minimum Gasteiger partial charge on any atom is -0.294 e. The molecule has 3 heterocycles. The minimum atomic E-state index is -4.81. The average molecular weight is 667 g/mol. The summed E-state index contributed by atoms with van der Waals surface area (Å²) in [7, 11) is 0. The van der Waals surface area contributed by atoms with Crippen LogP contribution in [0.2, 0.25) is 15.1 Å². The number of hydrogen-bond acceptors (Lipinski definition) is 7. The van der Waals surface area contributed by atoms with Crippen molar-refractivity contribution in [2.24, 2.45) is 0 Å². The maximum atomic E-state index is 15.3. The molecule has 226 valence electrons. The van der Waals surface area contributed by atoms with Gasteiger partial charge in [0.25, 0.3) is 5.82 Å². The van der Waals surface area contributed by atoms with E-state index in [0.29, 0.717) is 16.2 Å². The third-order valence-corrected chi connectivity index (χ3v) is 7.11. The number of ketones is 2. The quantitative estimate of drug-likeness (QED) is 0.121. The Morgan fingerprint density at radius 2 is 1.66 bits per heavy atom. The number of halogens is 7. The Balaban J connectivity index is 1.46. The van der Waals surface area contributed by atoms with E-state index in [9.17, 15) is 22.8 Å². The van der Waals surface area contributed by atoms with E-state index in [1.165, 1.54) is 24.4 Å². The summed E-state index contributed by atoms with van der Waals surface area (Å²) >= 11 is 18.3. The summed E-state index contributed by atoms with van der Waals surface area (Å²) in [6, 6.07) is 13.5. The van der Waals surface area contributed by atoms with Crippen LogP contribution in [0.3, 0.4) is 0 Å². The molecule has 5 aromatic rings. The topological polar surface area (TPSA) is 108 Å². The van der Waals surface area contributed by atoms with E-state index < -0.39 is 42.3 Å². The maximum absolute atomic E-state index is 15.3. The molecule has 0 aliphatic carbocycles. The molecule has 0 aliphatic heterocycles. The van der Waals surface area contributed by atoms with E-state index in [0.717, 1.165) is 16.3 Å². The standard InChI is InChI=1S/C28H18Cl3F4N7O2/c29-16-6-3-15(4-7-16)5-8-24(43)20-10-17(30)11-22(32)19(20)13-25(44)23-12-18(14-41-39-27(37-40-41)28(33,34)35)38-42(23)26-21(31)2-1-9-36-26/h1-4,6-7,9-12H,5,8,13-14H2. The minimum absolute atomic E-state index is 0.000944. The number of pyridine rings is 1. The molecular weight excluding hydrogens is 649 g/mol. The summed E-state index contributed by atoms with van der Waals surface area (Å²) in [6.45, 7) is -0.398. The number of rotatable bonds is 10. The van der Waals surface area contributed by atoms with Crippen molar-refractivity contribution in [1.82, 2.24) is 35.0 Å². The average Bonchev–Trinajstić information content (AvgIpc) is 3.62. The number of tetrazole rings is 1. The smallest absolute Gasteiger partial charge is 0.294 e. The maximum Gasteiger partial charge on any atom is 0.455 e. The SMILES string of the molecule is O=C(CCc1ccc(Cl)cc1)c1cc(Cl)cc(F)c1CC(=O)c1cc(Cn2nnc(C(F)(F)F)n2)nn1-c1ncccc1Cl. The van der Waals surface area contributed by atoms with Gasteiger partial charge in [-0.2, -0.15) is 23.1 Å². The zero-order chi connectivity index (χ0) is 31.6. The number of nitrogens with zero attached hydrogens (tertiary/aromatic N) is 7. The van der Waals surface area contributed by atoms with Crippen LogP contribution < -0.4 is 0 Å². The normalized spacial score (nSPS) is 11.6. The van der Waals surface area contributed by atoms with Gasteiger partial charge >= 0.3 is 6.18 Å². The van der Waals surface area contributed by atoms with Gasteiger partial charge in [0.1, 0.15) is 18.1 Å². The summed E-state index contributed by atoms with van der Waals surface area (Å²) < 4.78 is 55.2. The molecule has 5 rings (SSSR count). The highest BCUT2D eigenvalue weighted by atomic mass is 35.5. The third-order valence-electron chi connectivity index (χ3n) is 6.35. The van der Waals surface area contributed by atoms with Crippen LogP contribution in [0.25, 0.3) is 5.82 Å². The van der Waals surface area contributed by atoms with Gasteiger partial charge in [0.2, 0.25) is 0 Å². The zero-order valence-corrected chi connectivity index (χ0v) is 24.5. The number of hydrogen-bond donors (Lipinski definition) is 0. The fourth-order valence-electron chi connectivity index (χ4n) is 4.30. The Labute approximate surface area is 261 Å². The van der Waals surface area contributed by atoms with Crippen LogP contribution in [0.15, 0.2) is 60.8 Å². The second-order valence-electron chi connectivity index (χ2n) is 9.45. The second-order valence-corrected chi connectivity index (χ2v) is 10.7. The molecule has 0 unspecified atom stereocenters. The van der Waals surface area contributed by atoms with Crippen molar-refractivity contribution in [3.05, 3.63) is 116 Å². The Morgan fingerprint density at radius 1 is 0.909 bits per heavy atom. The highest BCUT2D eigenvalue weighted by molar-refractivity contribution is 6.32. The second kappa shape index (κ2) is 12.8. The van der Waals surface area contributed by atoms with Crippen molar-refractivity contribution in [2.75, 3.05) is 0 Å². The van der Waals surface area contributed by atoms with Crippen LogP contribution in [0.1, 0.15) is 49.9 Å². The van der Waals surface area contributed by atoms with E-state index >= 15 is 4.39 Å². The van der Waals surface area contributed by atoms with E-state index in [4.69, 9.17) is 34.8 Å². The molecule has 0 amide bonds. The molecule has 0 saturated carbocycles. The molecule has 16 heteroatoms. The molecule has 0 fully saturated rings. The molecule has 0 spiro atoms. The largest absolute Gasteiger partial charge is 0.455 e. The van der Waals surface area contributed by atoms with Crippen LogP contribution in [-0.2, 0) is 25.6 Å². The number of carbonyl (C=O) groups excluding carboxylic acids is 2. The summed E-state index contributed by atoms with van der Waals surface area (Å²) in [5, 5.41) is 14.6. The van der Waals surface area contributed by atoms with Gasteiger partial charge in [-0.15, -0.1) is 10.2 Å². The lowest BCUT2D eigenvalue weighted by Crippen LogP contribution is -2.16. The third kappa shape index (κ3) is 7.12. The first kappa shape index (κ1) is 31.2. The number of carbonyl (C=O) groups is 2. The van der Waals surface area contributed by atoms with E-state index in [1.807, 2.05) is 0 Å². The van der Waals surface area contributed by atoms with Gasteiger partial charge in [-0.25, -0.2) is 14.1 Å². The van der Waals surface area contributed by atoms with Gasteiger partial charge in [0, 0.05) is 40.2 Å². The van der Waals surface area contributed by atoms with Crippen molar-refractivity contribution >= 4 is 46.4 Å². The predicted molar refractivity (Wildman–Crippen MR) is 152 cm³/mol. The first-order chi connectivity index (χ1) is 20.9. The van der Waals surface area contributed by atoms with Crippen molar-refractivity contribution < 1.29 is 27.2 Å². The summed E-state index contributed by atoms with van der Waals surface area (Å²) in [6.07, 6.45) is -3.67. The van der Waals surface area contributed by atoms with Crippen LogP contribution in [0.4, 0.5) is 17.6 Å². The Morgan fingerprint density at radius 3 is 2.34 bits per heavy atom. The van der Waals surface area contributed by atoms with E-state index in [2.05, 4.69) is 25.5 Å². The van der Waals surface area contributed by atoms with Crippen molar-refractivity contribution in [3.8, 4) is 5.82 Å². The predicted octanol–water partition coefficient (Wildman–Crippen LogP) is 6.66. The van der Waals surface area contributed by atoms with E-state index in [1.54, 1.807) is 30.3 Å². The number of aryl methyl sites for hydroxylation is 1. The lowest BCUT2D eigenvalue weighted by Gasteiger charge is -2.12. The van der Waals surface area contributed by atoms with Gasteiger partial charge in [0.05, 0.1) is 10.7 Å². The number of benzene rings is 2. The molecule has 0 aliphatic rings. The summed E-state index contributed by atoms with van der Waals surface area (Å²) in [5.74, 6) is -3.42. The number of aromatic nitrogens is 7. The van der Waals surface area contributed by atoms with Gasteiger partial charge in [-0.1, -0.05) is 46.9 Å². The van der Waals surface area contributed by atoms with Crippen molar-refractivity contribution in [2.45, 2.75) is 32.0 Å². The van der Waals surface area contributed by atoms with Gasteiger partial charge in [0.15, 0.2) is 17.4 Å². The Hall–Kier alpha value is -4.20. The molecule has 0 N–H and O–H groups in total. The highest BCUT2D eigenvalue weighted by Crippen LogP contribution is 2.27. The van der Waals surface area contributed by atoms with Crippen molar-refractivity contribution in [3.63, 3.8) is 0 Å². The fourth-order valence-corrected chi connectivity index (χ4v) is 4.83. The van der Waals surface area contributed by atoms with Gasteiger partial charge in [-0.05, 0) is 59.7 Å². The molecule has 0 radical (unpaired) electrons. The van der Waals surface area contributed by atoms with Crippen LogP contribution in [0.5, 0.6) is 0 Å². The molecule has 0 bridgehead atoms. The molecule has 0 saturated heterocycles. The highest BCUT2D eigenvalue weighted by Gasteiger charge is 2.37. The summed E-state index contributed by atoms with van der Waals surface area (Å²) in [5.41, 5.74) is 0.499. The number of alkyl halides is 3. The zero-order valence-electron chi connectivity index (χ0n) is 22.2. The molecule has 44 heavy (non-hydrogen) atoms. The van der Waals surface area contributed by atoms with Crippen LogP contribution >= 0.6 is 34.8 Å². The molecular formula is C28H18Cl3F4N7O2.